The Morgan fingerprint density at radius 1 is 1.16 bits per heavy atom. The van der Waals surface area contributed by atoms with Crippen LogP contribution in [0.2, 0.25) is 0 Å². The SMILES string of the molecule is CC(C)c1ccc(CN(C)C(=O)C(N)C(C)C)cc1. The smallest absolute Gasteiger partial charge is 0.239 e. The molecule has 0 fully saturated rings. The van der Waals surface area contributed by atoms with E-state index in [0.29, 0.717) is 12.5 Å². The minimum absolute atomic E-state index is 0.00272. The van der Waals surface area contributed by atoms with Gasteiger partial charge in [-0.25, -0.2) is 0 Å². The van der Waals surface area contributed by atoms with Crippen LogP contribution in [0, 0.1) is 5.92 Å². The first-order valence-corrected chi connectivity index (χ1v) is 6.92. The number of amides is 1. The molecule has 0 saturated carbocycles. The van der Waals surface area contributed by atoms with Gasteiger partial charge in [-0.1, -0.05) is 52.0 Å². The molecule has 1 aromatic carbocycles. The van der Waals surface area contributed by atoms with Gasteiger partial charge in [0.05, 0.1) is 6.04 Å². The Bertz CT molecular complexity index is 409. The van der Waals surface area contributed by atoms with Crippen molar-refractivity contribution in [3.05, 3.63) is 35.4 Å². The first-order valence-electron chi connectivity index (χ1n) is 6.92. The summed E-state index contributed by atoms with van der Waals surface area (Å²) >= 11 is 0. The number of hydrogen-bond acceptors (Lipinski definition) is 2. The van der Waals surface area contributed by atoms with E-state index >= 15 is 0 Å². The molecule has 0 bridgehead atoms. The molecule has 0 aliphatic heterocycles. The fourth-order valence-corrected chi connectivity index (χ4v) is 1.90. The molecule has 0 saturated heterocycles. The van der Waals surface area contributed by atoms with E-state index < -0.39 is 6.04 Å². The first kappa shape index (κ1) is 15.7. The number of rotatable bonds is 5. The van der Waals surface area contributed by atoms with Crippen LogP contribution >= 0.6 is 0 Å². The molecule has 1 aromatic rings. The van der Waals surface area contributed by atoms with Crippen LogP contribution in [0.25, 0.3) is 0 Å². The summed E-state index contributed by atoms with van der Waals surface area (Å²) in [6.07, 6.45) is 0. The molecule has 0 aliphatic rings. The largest absolute Gasteiger partial charge is 0.340 e. The number of carbonyl (C=O) groups is 1. The van der Waals surface area contributed by atoms with Crippen molar-refractivity contribution in [2.75, 3.05) is 7.05 Å². The molecular formula is C16H26N2O. The summed E-state index contributed by atoms with van der Waals surface area (Å²) in [6.45, 7) is 8.89. The second kappa shape index (κ2) is 6.71. The van der Waals surface area contributed by atoms with Crippen LogP contribution in [0.15, 0.2) is 24.3 Å². The summed E-state index contributed by atoms with van der Waals surface area (Å²) in [4.78, 5) is 13.8. The highest BCUT2D eigenvalue weighted by Crippen LogP contribution is 2.15. The molecule has 1 atom stereocenters. The number of benzene rings is 1. The zero-order chi connectivity index (χ0) is 14.6. The van der Waals surface area contributed by atoms with Crippen molar-refractivity contribution in [1.82, 2.24) is 4.90 Å². The van der Waals surface area contributed by atoms with Crippen molar-refractivity contribution in [3.8, 4) is 0 Å². The third-order valence-electron chi connectivity index (χ3n) is 3.45. The molecule has 1 unspecified atom stereocenters. The maximum Gasteiger partial charge on any atom is 0.239 e. The van der Waals surface area contributed by atoms with E-state index in [2.05, 4.69) is 38.1 Å². The number of likely N-dealkylation sites (N-methyl/N-ethyl adjacent to an activating group) is 1. The van der Waals surface area contributed by atoms with Crippen molar-refractivity contribution >= 4 is 5.91 Å². The lowest BCUT2D eigenvalue weighted by Crippen LogP contribution is -2.44. The summed E-state index contributed by atoms with van der Waals surface area (Å²) in [5.74, 6) is 0.698. The first-order chi connectivity index (χ1) is 8.82. The molecule has 19 heavy (non-hydrogen) atoms. The van der Waals surface area contributed by atoms with Gasteiger partial charge in [0.2, 0.25) is 5.91 Å². The van der Waals surface area contributed by atoms with Gasteiger partial charge < -0.3 is 10.6 Å². The quantitative estimate of drug-likeness (QED) is 0.887. The fourth-order valence-electron chi connectivity index (χ4n) is 1.90. The third-order valence-corrected chi connectivity index (χ3v) is 3.45. The molecule has 0 aromatic heterocycles. The lowest BCUT2D eigenvalue weighted by atomic mass is 10.0. The standard InChI is InChI=1S/C16H26N2O/c1-11(2)14-8-6-13(7-9-14)10-18(5)16(19)15(17)12(3)4/h6-9,11-12,15H,10,17H2,1-5H3. The topological polar surface area (TPSA) is 46.3 Å². The summed E-state index contributed by atoms with van der Waals surface area (Å²) in [7, 11) is 1.81. The molecule has 1 rings (SSSR count). The van der Waals surface area contributed by atoms with Gasteiger partial charge in [-0.3, -0.25) is 4.79 Å². The molecule has 0 heterocycles. The summed E-state index contributed by atoms with van der Waals surface area (Å²) in [5.41, 5.74) is 8.34. The van der Waals surface area contributed by atoms with Crippen LogP contribution < -0.4 is 5.73 Å². The normalized spacial score (nSPS) is 12.8. The zero-order valence-corrected chi connectivity index (χ0v) is 12.7. The van der Waals surface area contributed by atoms with Gasteiger partial charge >= 0.3 is 0 Å². The lowest BCUT2D eigenvalue weighted by molar-refractivity contribution is -0.132. The van der Waals surface area contributed by atoms with Crippen LogP contribution in [0.3, 0.4) is 0 Å². The van der Waals surface area contributed by atoms with Crippen molar-refractivity contribution in [3.63, 3.8) is 0 Å². The van der Waals surface area contributed by atoms with Gasteiger partial charge in [0.1, 0.15) is 0 Å². The van der Waals surface area contributed by atoms with Gasteiger partial charge in [0.15, 0.2) is 0 Å². The summed E-state index contributed by atoms with van der Waals surface area (Å²) in [6, 6.07) is 8.00. The van der Waals surface area contributed by atoms with Crippen LogP contribution in [-0.2, 0) is 11.3 Å². The molecule has 1 amide bonds. The molecular weight excluding hydrogens is 236 g/mol. The lowest BCUT2D eigenvalue weighted by Gasteiger charge is -2.23. The summed E-state index contributed by atoms with van der Waals surface area (Å²) < 4.78 is 0. The Balaban J connectivity index is 2.66. The van der Waals surface area contributed by atoms with E-state index in [1.165, 1.54) is 5.56 Å². The number of hydrogen-bond donors (Lipinski definition) is 1. The maximum absolute atomic E-state index is 12.1. The van der Waals surface area contributed by atoms with E-state index in [1.807, 2.05) is 13.8 Å². The van der Waals surface area contributed by atoms with E-state index in [-0.39, 0.29) is 11.8 Å². The van der Waals surface area contributed by atoms with Crippen molar-refractivity contribution in [2.24, 2.45) is 11.7 Å². The second-order valence-electron chi connectivity index (χ2n) is 5.86. The monoisotopic (exact) mass is 262 g/mol. The van der Waals surface area contributed by atoms with Gasteiger partial charge in [0.25, 0.3) is 0 Å². The molecule has 3 heteroatoms. The van der Waals surface area contributed by atoms with E-state index in [0.717, 1.165) is 5.56 Å². The zero-order valence-electron chi connectivity index (χ0n) is 12.7. The number of nitrogens with two attached hydrogens (primary N) is 1. The predicted molar refractivity (Wildman–Crippen MR) is 79.8 cm³/mol. The number of carbonyl (C=O) groups excluding carboxylic acids is 1. The van der Waals surface area contributed by atoms with Gasteiger partial charge in [-0.05, 0) is 23.0 Å². The Kier molecular flexibility index (Phi) is 5.55. The van der Waals surface area contributed by atoms with Crippen LogP contribution in [-0.4, -0.2) is 23.9 Å². The Labute approximate surface area is 116 Å². The minimum Gasteiger partial charge on any atom is -0.340 e. The molecule has 0 spiro atoms. The van der Waals surface area contributed by atoms with Gasteiger partial charge in [-0.15, -0.1) is 0 Å². The molecule has 3 nitrogen and oxygen atoms in total. The van der Waals surface area contributed by atoms with Gasteiger partial charge in [-0.2, -0.15) is 0 Å². The average molecular weight is 262 g/mol. The summed E-state index contributed by atoms with van der Waals surface area (Å²) in [5, 5.41) is 0. The van der Waals surface area contributed by atoms with Crippen LogP contribution in [0.5, 0.6) is 0 Å². The maximum atomic E-state index is 12.1. The molecule has 2 N–H and O–H groups in total. The highest BCUT2D eigenvalue weighted by atomic mass is 16.2. The number of nitrogens with zero attached hydrogens (tertiary/aromatic N) is 1. The van der Waals surface area contributed by atoms with Gasteiger partial charge in [0, 0.05) is 13.6 Å². The highest BCUT2D eigenvalue weighted by molar-refractivity contribution is 5.81. The predicted octanol–water partition coefficient (Wildman–Crippen LogP) is 2.75. The van der Waals surface area contributed by atoms with Crippen LogP contribution in [0.4, 0.5) is 0 Å². The Morgan fingerprint density at radius 2 is 1.68 bits per heavy atom. The Morgan fingerprint density at radius 3 is 2.11 bits per heavy atom. The Hall–Kier alpha value is -1.35. The average Bonchev–Trinajstić information content (AvgIpc) is 2.37. The third kappa shape index (κ3) is 4.35. The second-order valence-corrected chi connectivity index (χ2v) is 5.86. The molecule has 0 radical (unpaired) electrons. The van der Waals surface area contributed by atoms with E-state index in [4.69, 9.17) is 5.73 Å². The van der Waals surface area contributed by atoms with E-state index in [1.54, 1.807) is 11.9 Å². The van der Waals surface area contributed by atoms with E-state index in [9.17, 15) is 4.79 Å². The van der Waals surface area contributed by atoms with Crippen LogP contribution in [0.1, 0.15) is 44.7 Å². The molecule has 106 valence electrons. The van der Waals surface area contributed by atoms with Crippen molar-refractivity contribution < 1.29 is 4.79 Å². The minimum atomic E-state index is -0.417. The fraction of sp³-hybridized carbons (Fsp3) is 0.562. The molecule has 0 aliphatic carbocycles. The van der Waals surface area contributed by atoms with Crippen molar-refractivity contribution in [1.29, 1.82) is 0 Å². The van der Waals surface area contributed by atoms with Crippen molar-refractivity contribution in [2.45, 2.75) is 46.2 Å². The highest BCUT2D eigenvalue weighted by Gasteiger charge is 2.20.